The summed E-state index contributed by atoms with van der Waals surface area (Å²) in [5.74, 6) is 0.144. The Morgan fingerprint density at radius 3 is 2.81 bits per heavy atom. The number of nitrogens with one attached hydrogen (secondary N) is 1. The molecule has 3 atom stereocenters. The van der Waals surface area contributed by atoms with Gasteiger partial charge in [0.15, 0.2) is 0 Å². The molecule has 0 amide bonds. The second kappa shape index (κ2) is 4.72. The van der Waals surface area contributed by atoms with Crippen molar-refractivity contribution in [3.63, 3.8) is 0 Å². The van der Waals surface area contributed by atoms with Crippen LogP contribution in [-0.2, 0) is 0 Å². The molecular weight excluding hydrogens is 225 g/mol. The molecular formula is C13H17ClFN. The van der Waals surface area contributed by atoms with Crippen LogP contribution < -0.4 is 5.32 Å². The third-order valence-corrected chi connectivity index (χ3v) is 3.56. The van der Waals surface area contributed by atoms with Crippen LogP contribution in [0.1, 0.15) is 38.2 Å². The molecule has 1 aliphatic rings. The van der Waals surface area contributed by atoms with E-state index in [-0.39, 0.29) is 5.82 Å². The summed E-state index contributed by atoms with van der Waals surface area (Å²) in [6.07, 6.45) is 2.11. The normalized spacial score (nSPS) is 29.6. The van der Waals surface area contributed by atoms with Crippen molar-refractivity contribution in [1.82, 2.24) is 5.32 Å². The molecule has 1 fully saturated rings. The molecule has 1 saturated heterocycles. The van der Waals surface area contributed by atoms with E-state index >= 15 is 0 Å². The second-order valence-corrected chi connectivity index (χ2v) is 5.06. The smallest absolute Gasteiger partial charge is 0.124 e. The van der Waals surface area contributed by atoms with Gasteiger partial charge in [-0.05, 0) is 43.5 Å². The van der Waals surface area contributed by atoms with Crippen molar-refractivity contribution in [3.8, 4) is 0 Å². The monoisotopic (exact) mass is 241 g/mol. The van der Waals surface area contributed by atoms with Crippen molar-refractivity contribution in [2.24, 2.45) is 0 Å². The Morgan fingerprint density at radius 1 is 1.44 bits per heavy atom. The van der Waals surface area contributed by atoms with E-state index in [0.29, 0.717) is 23.0 Å². The second-order valence-electron chi connectivity index (χ2n) is 4.63. The van der Waals surface area contributed by atoms with Crippen molar-refractivity contribution in [2.75, 3.05) is 0 Å². The van der Waals surface area contributed by atoms with Crippen LogP contribution in [-0.4, -0.2) is 12.1 Å². The first kappa shape index (κ1) is 11.9. The molecule has 0 spiro atoms. The fourth-order valence-corrected chi connectivity index (χ4v) is 2.89. The molecule has 0 aliphatic carbocycles. The van der Waals surface area contributed by atoms with Crippen LogP contribution in [0.15, 0.2) is 18.2 Å². The zero-order chi connectivity index (χ0) is 11.7. The van der Waals surface area contributed by atoms with Gasteiger partial charge >= 0.3 is 0 Å². The Bertz CT molecular complexity index is 360. The molecule has 0 aromatic heterocycles. The van der Waals surface area contributed by atoms with Crippen LogP contribution in [0.2, 0.25) is 5.02 Å². The minimum atomic E-state index is -0.239. The van der Waals surface area contributed by atoms with Gasteiger partial charge in [-0.2, -0.15) is 0 Å². The van der Waals surface area contributed by atoms with Gasteiger partial charge in [0.1, 0.15) is 5.82 Å². The van der Waals surface area contributed by atoms with Crippen LogP contribution in [0, 0.1) is 5.82 Å². The van der Waals surface area contributed by atoms with E-state index in [0.717, 1.165) is 18.4 Å². The van der Waals surface area contributed by atoms with Crippen LogP contribution >= 0.6 is 11.6 Å². The van der Waals surface area contributed by atoms with Crippen molar-refractivity contribution in [3.05, 3.63) is 34.6 Å². The molecule has 1 aromatic rings. The van der Waals surface area contributed by atoms with E-state index < -0.39 is 0 Å². The maximum Gasteiger partial charge on any atom is 0.124 e. The Balaban J connectivity index is 2.28. The molecule has 1 N–H and O–H groups in total. The quantitative estimate of drug-likeness (QED) is 0.832. The van der Waals surface area contributed by atoms with E-state index in [2.05, 4.69) is 19.2 Å². The van der Waals surface area contributed by atoms with Gasteiger partial charge in [0, 0.05) is 23.0 Å². The van der Waals surface area contributed by atoms with Crippen molar-refractivity contribution < 1.29 is 4.39 Å². The number of benzene rings is 1. The van der Waals surface area contributed by atoms with Gasteiger partial charge in [-0.15, -0.1) is 0 Å². The van der Waals surface area contributed by atoms with Gasteiger partial charge in [0.25, 0.3) is 0 Å². The number of halogens is 2. The highest BCUT2D eigenvalue weighted by atomic mass is 35.5. The first-order chi connectivity index (χ1) is 7.60. The van der Waals surface area contributed by atoms with E-state index in [1.165, 1.54) is 6.07 Å². The largest absolute Gasteiger partial charge is 0.311 e. The van der Waals surface area contributed by atoms with Gasteiger partial charge in [0.05, 0.1) is 0 Å². The van der Waals surface area contributed by atoms with Crippen molar-refractivity contribution in [1.29, 1.82) is 0 Å². The Morgan fingerprint density at radius 2 is 2.19 bits per heavy atom. The lowest BCUT2D eigenvalue weighted by Crippen LogP contribution is -2.28. The number of hydrogen-bond donors (Lipinski definition) is 1. The fraction of sp³-hybridized carbons (Fsp3) is 0.538. The first-order valence-electron chi connectivity index (χ1n) is 5.82. The lowest BCUT2D eigenvalue weighted by Gasteiger charge is -2.18. The van der Waals surface area contributed by atoms with Gasteiger partial charge in [-0.25, -0.2) is 4.39 Å². The molecule has 3 heteroatoms. The number of rotatable bonds is 2. The molecule has 1 aliphatic heterocycles. The summed E-state index contributed by atoms with van der Waals surface area (Å²) in [5, 5.41) is 4.02. The Hall–Kier alpha value is -0.600. The van der Waals surface area contributed by atoms with Crippen LogP contribution in [0.3, 0.4) is 0 Å². The Labute approximate surface area is 101 Å². The van der Waals surface area contributed by atoms with Crippen LogP contribution in [0.25, 0.3) is 0 Å². The number of hydrogen-bond acceptors (Lipinski definition) is 1. The van der Waals surface area contributed by atoms with E-state index in [4.69, 9.17) is 11.6 Å². The maximum atomic E-state index is 13.3. The highest BCUT2D eigenvalue weighted by Crippen LogP contribution is 2.33. The molecule has 88 valence electrons. The van der Waals surface area contributed by atoms with E-state index in [9.17, 15) is 4.39 Å². The average Bonchev–Trinajstić information content (AvgIpc) is 2.58. The summed E-state index contributed by atoms with van der Waals surface area (Å²) in [4.78, 5) is 0. The average molecular weight is 242 g/mol. The molecule has 1 heterocycles. The molecule has 0 saturated carbocycles. The summed E-state index contributed by atoms with van der Waals surface area (Å²) in [5.41, 5.74) is 1.02. The molecule has 0 radical (unpaired) electrons. The maximum absolute atomic E-state index is 13.3. The van der Waals surface area contributed by atoms with Gasteiger partial charge in [-0.3, -0.25) is 0 Å². The third kappa shape index (κ3) is 2.38. The van der Waals surface area contributed by atoms with Crippen LogP contribution in [0.4, 0.5) is 4.39 Å². The topological polar surface area (TPSA) is 12.0 Å². The van der Waals surface area contributed by atoms with Gasteiger partial charge in [-0.1, -0.05) is 18.5 Å². The highest BCUT2D eigenvalue weighted by molar-refractivity contribution is 6.30. The zero-order valence-electron chi connectivity index (χ0n) is 9.63. The first-order valence-corrected chi connectivity index (χ1v) is 6.20. The fourth-order valence-electron chi connectivity index (χ4n) is 2.65. The van der Waals surface area contributed by atoms with Crippen molar-refractivity contribution >= 4 is 11.6 Å². The summed E-state index contributed by atoms with van der Waals surface area (Å²) in [6, 6.07) is 5.79. The van der Waals surface area contributed by atoms with Gasteiger partial charge in [0.2, 0.25) is 0 Å². The third-order valence-electron chi connectivity index (χ3n) is 3.34. The van der Waals surface area contributed by atoms with Crippen molar-refractivity contribution in [2.45, 2.75) is 44.7 Å². The summed E-state index contributed by atoms with van der Waals surface area (Å²) in [7, 11) is 0. The molecule has 3 unspecified atom stereocenters. The standard InChI is InChI=1S/C13H17ClFN/c1-3-13-12(4-8(2)16-13)9-5-10(14)7-11(15)6-9/h5-8,12-13,16H,3-4H2,1-2H3. The predicted molar refractivity (Wildman–Crippen MR) is 65.4 cm³/mol. The summed E-state index contributed by atoms with van der Waals surface area (Å²) in [6.45, 7) is 4.33. The van der Waals surface area contributed by atoms with E-state index in [1.54, 1.807) is 6.07 Å². The van der Waals surface area contributed by atoms with E-state index in [1.807, 2.05) is 6.07 Å². The minimum absolute atomic E-state index is 0.239. The van der Waals surface area contributed by atoms with Crippen LogP contribution in [0.5, 0.6) is 0 Å². The lowest BCUT2D eigenvalue weighted by molar-refractivity contribution is 0.515. The predicted octanol–water partition coefficient (Wildman–Crippen LogP) is 3.72. The molecule has 0 bridgehead atoms. The minimum Gasteiger partial charge on any atom is -0.311 e. The SMILES string of the molecule is CCC1NC(C)CC1c1cc(F)cc(Cl)c1. The lowest BCUT2D eigenvalue weighted by atomic mass is 9.90. The molecule has 16 heavy (non-hydrogen) atoms. The molecule has 1 aromatic carbocycles. The summed E-state index contributed by atoms with van der Waals surface area (Å²) >= 11 is 5.90. The Kier molecular flexibility index (Phi) is 3.50. The molecule has 2 rings (SSSR count). The van der Waals surface area contributed by atoms with Gasteiger partial charge < -0.3 is 5.32 Å². The highest BCUT2D eigenvalue weighted by Gasteiger charge is 2.31. The summed E-state index contributed by atoms with van der Waals surface area (Å²) < 4.78 is 13.3. The zero-order valence-corrected chi connectivity index (χ0v) is 10.4. The molecule has 1 nitrogen and oxygen atoms in total.